The van der Waals surface area contributed by atoms with E-state index in [0.29, 0.717) is 25.9 Å². The summed E-state index contributed by atoms with van der Waals surface area (Å²) in [5, 5.41) is 4.23. The molecule has 1 aromatic rings. The maximum atomic E-state index is 12.0. The highest BCUT2D eigenvalue weighted by atomic mass is 32.2. The zero-order valence-electron chi connectivity index (χ0n) is 13.1. The van der Waals surface area contributed by atoms with Gasteiger partial charge in [0, 0.05) is 38.6 Å². The zero-order valence-corrected chi connectivity index (χ0v) is 13.9. The van der Waals surface area contributed by atoms with Gasteiger partial charge in [0.25, 0.3) is 0 Å². The Morgan fingerprint density at radius 3 is 2.52 bits per heavy atom. The van der Waals surface area contributed by atoms with Crippen LogP contribution in [0.2, 0.25) is 0 Å². The minimum atomic E-state index is -3.29. The van der Waals surface area contributed by atoms with Crippen LogP contribution in [0.25, 0.3) is 0 Å². The molecule has 2 aliphatic heterocycles. The summed E-state index contributed by atoms with van der Waals surface area (Å²) in [6.07, 6.45) is 3.15. The third kappa shape index (κ3) is 3.72. The molecule has 0 radical (unpaired) electrons. The molecule has 0 aliphatic carbocycles. The van der Waals surface area contributed by atoms with Gasteiger partial charge in [-0.05, 0) is 5.56 Å². The van der Waals surface area contributed by atoms with Crippen molar-refractivity contribution < 1.29 is 18.0 Å². The number of hydrogen-bond donors (Lipinski definition) is 0. The molecule has 7 heteroatoms. The summed E-state index contributed by atoms with van der Waals surface area (Å²) in [5.74, 6) is -0.753. The number of rotatable bonds is 3. The topological polar surface area (TPSA) is 76.0 Å². The third-order valence-corrected chi connectivity index (χ3v) is 5.13. The van der Waals surface area contributed by atoms with E-state index >= 15 is 0 Å². The molecule has 2 heterocycles. The van der Waals surface area contributed by atoms with Crippen molar-refractivity contribution in [2.24, 2.45) is 5.16 Å². The summed E-state index contributed by atoms with van der Waals surface area (Å²) in [5.41, 5.74) is 1.63. The number of likely N-dealkylation sites (tertiary alicyclic amines) is 1. The number of carbonyl (C=O) groups excluding carboxylic acids is 1. The lowest BCUT2D eigenvalue weighted by Gasteiger charge is -2.37. The van der Waals surface area contributed by atoms with Gasteiger partial charge in [0.1, 0.15) is 11.4 Å². The molecule has 6 nitrogen and oxygen atoms in total. The molecule has 1 spiro atoms. The molecule has 1 amide bonds. The average Bonchev–Trinajstić information content (AvgIpc) is 2.91. The largest absolute Gasteiger partial charge is 0.388 e. The Bertz CT molecular complexity index is 720. The minimum Gasteiger partial charge on any atom is -0.388 e. The van der Waals surface area contributed by atoms with Crippen LogP contribution in [0.3, 0.4) is 0 Å². The SMILES string of the molecule is CS(=O)(=O)CC(=O)N1CCC2(CC1)CC(c1ccccc1)=NO2. The van der Waals surface area contributed by atoms with Gasteiger partial charge >= 0.3 is 0 Å². The third-order valence-electron chi connectivity index (χ3n) is 4.36. The highest BCUT2D eigenvalue weighted by molar-refractivity contribution is 7.91. The normalized spacial score (nSPS) is 20.2. The molecule has 0 bridgehead atoms. The summed E-state index contributed by atoms with van der Waals surface area (Å²) in [4.78, 5) is 19.3. The number of benzene rings is 1. The Kier molecular flexibility index (Phi) is 4.14. The Morgan fingerprint density at radius 1 is 1.26 bits per heavy atom. The molecule has 0 unspecified atom stereocenters. The summed E-state index contributed by atoms with van der Waals surface area (Å²) >= 11 is 0. The molecule has 0 aromatic heterocycles. The Labute approximate surface area is 136 Å². The first-order chi connectivity index (χ1) is 10.9. The van der Waals surface area contributed by atoms with Crippen molar-refractivity contribution in [3.8, 4) is 0 Å². The average molecular weight is 336 g/mol. The van der Waals surface area contributed by atoms with Crippen LogP contribution in [0.5, 0.6) is 0 Å². The standard InChI is InChI=1S/C16H20N2O4S/c1-23(20,21)12-15(19)18-9-7-16(8-10-18)11-14(17-22-16)13-5-3-2-4-6-13/h2-6H,7-12H2,1H3. The summed E-state index contributed by atoms with van der Waals surface area (Å²) in [6.45, 7) is 1.01. The van der Waals surface area contributed by atoms with Crippen molar-refractivity contribution in [1.82, 2.24) is 4.90 Å². The number of oxime groups is 1. The second-order valence-electron chi connectivity index (χ2n) is 6.31. The second-order valence-corrected chi connectivity index (χ2v) is 8.45. The van der Waals surface area contributed by atoms with Gasteiger partial charge in [0.2, 0.25) is 5.91 Å². The lowest BCUT2D eigenvalue weighted by molar-refractivity contribution is -0.134. The van der Waals surface area contributed by atoms with Crippen LogP contribution < -0.4 is 0 Å². The van der Waals surface area contributed by atoms with Crippen molar-refractivity contribution in [2.45, 2.75) is 24.9 Å². The van der Waals surface area contributed by atoms with Crippen molar-refractivity contribution in [3.05, 3.63) is 35.9 Å². The fourth-order valence-corrected chi connectivity index (χ4v) is 3.69. The van der Waals surface area contributed by atoms with Crippen molar-refractivity contribution in [1.29, 1.82) is 0 Å². The van der Waals surface area contributed by atoms with Crippen molar-refractivity contribution in [3.63, 3.8) is 0 Å². The fourth-order valence-electron chi connectivity index (χ4n) is 3.05. The summed E-state index contributed by atoms with van der Waals surface area (Å²) in [7, 11) is -3.29. The van der Waals surface area contributed by atoms with E-state index in [1.807, 2.05) is 30.3 Å². The lowest BCUT2D eigenvalue weighted by Crippen LogP contribution is -2.48. The quantitative estimate of drug-likeness (QED) is 0.831. The smallest absolute Gasteiger partial charge is 0.237 e. The van der Waals surface area contributed by atoms with E-state index < -0.39 is 15.6 Å². The van der Waals surface area contributed by atoms with Gasteiger partial charge in [-0.15, -0.1) is 0 Å². The number of carbonyl (C=O) groups is 1. The number of piperidine rings is 1. The van der Waals surface area contributed by atoms with Crippen LogP contribution in [-0.4, -0.2) is 55.6 Å². The maximum Gasteiger partial charge on any atom is 0.237 e. The number of nitrogens with zero attached hydrogens (tertiary/aromatic N) is 2. The van der Waals surface area contributed by atoms with Crippen LogP contribution in [0.15, 0.2) is 35.5 Å². The molecule has 0 N–H and O–H groups in total. The second kappa shape index (κ2) is 5.96. The van der Waals surface area contributed by atoms with Crippen LogP contribution in [0.4, 0.5) is 0 Å². The van der Waals surface area contributed by atoms with E-state index in [1.54, 1.807) is 4.90 Å². The molecule has 1 aromatic carbocycles. The Hall–Kier alpha value is -1.89. The van der Waals surface area contributed by atoms with E-state index in [1.165, 1.54) is 0 Å². The predicted octanol–water partition coefficient (Wildman–Crippen LogP) is 1.22. The monoisotopic (exact) mass is 336 g/mol. The molecule has 124 valence electrons. The van der Waals surface area contributed by atoms with Crippen LogP contribution in [0.1, 0.15) is 24.8 Å². The van der Waals surface area contributed by atoms with Gasteiger partial charge in [-0.2, -0.15) is 0 Å². The lowest BCUT2D eigenvalue weighted by atomic mass is 9.85. The highest BCUT2D eigenvalue weighted by Crippen LogP contribution is 2.36. The molecule has 0 saturated carbocycles. The van der Waals surface area contributed by atoms with Gasteiger partial charge in [0.15, 0.2) is 9.84 Å². The maximum absolute atomic E-state index is 12.0. The van der Waals surface area contributed by atoms with Gasteiger partial charge in [-0.3, -0.25) is 4.79 Å². The van der Waals surface area contributed by atoms with E-state index in [2.05, 4.69) is 5.16 Å². The summed E-state index contributed by atoms with van der Waals surface area (Å²) < 4.78 is 22.5. The number of sulfone groups is 1. The number of hydrogen-bond acceptors (Lipinski definition) is 5. The van der Waals surface area contributed by atoms with E-state index in [4.69, 9.17) is 4.84 Å². The molecule has 3 rings (SSSR count). The molecule has 0 atom stereocenters. The first-order valence-corrected chi connectivity index (χ1v) is 9.69. The first kappa shape index (κ1) is 16.0. The Morgan fingerprint density at radius 2 is 1.91 bits per heavy atom. The fraction of sp³-hybridized carbons (Fsp3) is 0.500. The molecule has 2 aliphatic rings. The predicted molar refractivity (Wildman–Crippen MR) is 86.9 cm³/mol. The van der Waals surface area contributed by atoms with Gasteiger partial charge < -0.3 is 9.74 Å². The van der Waals surface area contributed by atoms with Crippen molar-refractivity contribution >= 4 is 21.5 Å². The van der Waals surface area contributed by atoms with Crippen LogP contribution in [0, 0.1) is 0 Å². The van der Waals surface area contributed by atoms with Crippen LogP contribution in [-0.2, 0) is 19.5 Å². The van der Waals surface area contributed by atoms with E-state index in [0.717, 1.165) is 24.0 Å². The number of amides is 1. The zero-order chi connectivity index (χ0) is 16.5. The molecule has 1 saturated heterocycles. The van der Waals surface area contributed by atoms with Crippen molar-refractivity contribution in [2.75, 3.05) is 25.1 Å². The molecular weight excluding hydrogens is 316 g/mol. The van der Waals surface area contributed by atoms with Gasteiger partial charge in [0.05, 0.1) is 5.71 Å². The van der Waals surface area contributed by atoms with Gasteiger partial charge in [-0.25, -0.2) is 8.42 Å². The molecular formula is C16H20N2O4S. The molecule has 23 heavy (non-hydrogen) atoms. The van der Waals surface area contributed by atoms with Crippen LogP contribution >= 0.6 is 0 Å². The minimum absolute atomic E-state index is 0.329. The van der Waals surface area contributed by atoms with Gasteiger partial charge in [-0.1, -0.05) is 35.5 Å². The first-order valence-electron chi connectivity index (χ1n) is 7.63. The van der Waals surface area contributed by atoms with E-state index in [9.17, 15) is 13.2 Å². The molecule has 1 fully saturated rings. The highest BCUT2D eigenvalue weighted by Gasteiger charge is 2.43. The summed E-state index contributed by atoms with van der Waals surface area (Å²) in [6, 6.07) is 9.91. The Balaban J connectivity index is 1.59. The van der Waals surface area contributed by atoms with E-state index in [-0.39, 0.29) is 11.5 Å².